The number of unbranched alkanes of at least 4 members (excludes halogenated alkanes) is 1. The maximum absolute atomic E-state index is 13.2. The van der Waals surface area contributed by atoms with E-state index in [-0.39, 0.29) is 24.2 Å². The predicted molar refractivity (Wildman–Crippen MR) is 137 cm³/mol. The first kappa shape index (κ1) is 25.5. The maximum atomic E-state index is 13.2. The summed E-state index contributed by atoms with van der Waals surface area (Å²) >= 11 is 0. The molecule has 0 aliphatic heterocycles. The van der Waals surface area contributed by atoms with Crippen LogP contribution >= 0.6 is 0 Å². The second kappa shape index (κ2) is 11.4. The average molecular weight is 497 g/mol. The molecule has 4 aromatic rings. The molecule has 0 radical (unpaired) electrons. The molecule has 1 heterocycles. The van der Waals surface area contributed by atoms with E-state index >= 15 is 0 Å². The van der Waals surface area contributed by atoms with Gasteiger partial charge < -0.3 is 10.4 Å². The van der Waals surface area contributed by atoms with E-state index in [2.05, 4.69) is 11.4 Å². The quantitative estimate of drug-likeness (QED) is 0.292. The number of fused-ring (bicyclic) bond motifs is 1. The van der Waals surface area contributed by atoms with Crippen LogP contribution in [0, 0.1) is 17.1 Å². The van der Waals surface area contributed by atoms with Gasteiger partial charge in [0.15, 0.2) is 0 Å². The van der Waals surface area contributed by atoms with Crippen molar-refractivity contribution in [2.45, 2.75) is 38.6 Å². The predicted octanol–water partition coefficient (Wildman–Crippen LogP) is 5.60. The lowest BCUT2D eigenvalue weighted by Crippen LogP contribution is -2.26. The SMILES string of the molecule is C[C@@H](NC(=O)c1ccc2nc(-c3ccc(C#N)cc3)c(CCCCC(=O)O)nc2c1)c1ccc(F)cc1. The zero-order valence-corrected chi connectivity index (χ0v) is 20.2. The summed E-state index contributed by atoms with van der Waals surface area (Å²) in [6.45, 7) is 1.82. The fraction of sp³-hybridized carbons (Fsp3) is 0.207. The number of hydrogen-bond acceptors (Lipinski definition) is 5. The van der Waals surface area contributed by atoms with Crippen molar-refractivity contribution in [1.82, 2.24) is 15.3 Å². The number of hydrogen-bond donors (Lipinski definition) is 2. The molecule has 8 heteroatoms. The number of benzene rings is 3. The largest absolute Gasteiger partial charge is 0.481 e. The van der Waals surface area contributed by atoms with Crippen molar-refractivity contribution in [3.8, 4) is 17.3 Å². The number of aryl methyl sites for hydroxylation is 1. The molecule has 0 unspecified atom stereocenters. The maximum Gasteiger partial charge on any atom is 0.303 e. The minimum Gasteiger partial charge on any atom is -0.481 e. The van der Waals surface area contributed by atoms with Crippen molar-refractivity contribution in [3.05, 3.63) is 94.9 Å². The summed E-state index contributed by atoms with van der Waals surface area (Å²) in [6.07, 6.45) is 1.71. The first-order valence-corrected chi connectivity index (χ1v) is 11.9. The molecule has 2 N–H and O–H groups in total. The van der Waals surface area contributed by atoms with Crippen molar-refractivity contribution in [2.24, 2.45) is 0 Å². The van der Waals surface area contributed by atoms with Crippen molar-refractivity contribution < 1.29 is 19.1 Å². The molecule has 0 saturated heterocycles. The van der Waals surface area contributed by atoms with Gasteiger partial charge in [-0.25, -0.2) is 14.4 Å². The van der Waals surface area contributed by atoms with Crippen molar-refractivity contribution in [2.75, 3.05) is 0 Å². The van der Waals surface area contributed by atoms with Gasteiger partial charge in [-0.2, -0.15) is 5.26 Å². The third-order valence-corrected chi connectivity index (χ3v) is 6.06. The van der Waals surface area contributed by atoms with Crippen LogP contribution in [-0.4, -0.2) is 27.0 Å². The summed E-state index contributed by atoms with van der Waals surface area (Å²) in [4.78, 5) is 33.4. The van der Waals surface area contributed by atoms with Crippen LogP contribution in [0.4, 0.5) is 4.39 Å². The zero-order chi connectivity index (χ0) is 26.4. The highest BCUT2D eigenvalue weighted by molar-refractivity contribution is 5.97. The fourth-order valence-electron chi connectivity index (χ4n) is 4.02. The molecule has 186 valence electrons. The summed E-state index contributed by atoms with van der Waals surface area (Å²) in [5.74, 6) is -1.48. The van der Waals surface area contributed by atoms with Crippen molar-refractivity contribution in [3.63, 3.8) is 0 Å². The molecule has 1 amide bonds. The van der Waals surface area contributed by atoms with Gasteiger partial charge in [0.2, 0.25) is 0 Å². The lowest BCUT2D eigenvalue weighted by Gasteiger charge is -2.15. The third-order valence-electron chi connectivity index (χ3n) is 6.06. The number of nitrogens with zero attached hydrogens (tertiary/aromatic N) is 3. The van der Waals surface area contributed by atoms with Crippen LogP contribution < -0.4 is 5.32 Å². The minimum atomic E-state index is -0.845. The second-order valence-electron chi connectivity index (χ2n) is 8.76. The van der Waals surface area contributed by atoms with Gasteiger partial charge in [0.05, 0.1) is 40.1 Å². The first-order chi connectivity index (χ1) is 17.8. The number of amides is 1. The Morgan fingerprint density at radius 1 is 1.00 bits per heavy atom. The summed E-state index contributed by atoms with van der Waals surface area (Å²) in [7, 11) is 0. The number of nitriles is 1. The highest BCUT2D eigenvalue weighted by Gasteiger charge is 2.16. The molecule has 1 atom stereocenters. The van der Waals surface area contributed by atoms with Gasteiger partial charge in [0, 0.05) is 17.5 Å². The molecule has 4 rings (SSSR count). The number of halogens is 1. The summed E-state index contributed by atoms with van der Waals surface area (Å²) in [5.41, 5.74) is 5.05. The third kappa shape index (κ3) is 6.33. The molecule has 37 heavy (non-hydrogen) atoms. The first-order valence-electron chi connectivity index (χ1n) is 11.9. The number of carboxylic acids is 1. The Labute approximate surface area is 213 Å². The molecule has 0 fully saturated rings. The molecule has 0 spiro atoms. The van der Waals surface area contributed by atoms with Gasteiger partial charge in [-0.3, -0.25) is 9.59 Å². The molecular formula is C29H25FN4O3. The normalized spacial score (nSPS) is 11.6. The van der Waals surface area contributed by atoms with E-state index in [9.17, 15) is 14.0 Å². The Bertz CT molecular complexity index is 1480. The molecule has 3 aromatic carbocycles. The molecule has 0 aliphatic carbocycles. The van der Waals surface area contributed by atoms with E-state index in [1.807, 2.05) is 19.1 Å². The standard InChI is InChI=1S/C29H25FN4O3/c1-18(20-10-13-23(30)14-11-20)32-29(37)22-12-15-24-26(16-22)33-25(4-2-3-5-27(35)36)28(34-24)21-8-6-19(17-31)7-9-21/h6-16,18H,2-5H2,1H3,(H,32,37)(H,35,36)/t18-/m1/s1. The van der Waals surface area contributed by atoms with Crippen molar-refractivity contribution in [1.29, 1.82) is 5.26 Å². The molecule has 1 aromatic heterocycles. The number of carbonyl (C=O) groups is 2. The van der Waals surface area contributed by atoms with E-state index in [0.717, 1.165) is 11.1 Å². The van der Waals surface area contributed by atoms with E-state index in [4.69, 9.17) is 20.3 Å². The second-order valence-corrected chi connectivity index (χ2v) is 8.76. The number of aliphatic carboxylic acids is 1. The number of rotatable bonds is 9. The smallest absolute Gasteiger partial charge is 0.303 e. The number of carboxylic acid groups (broad SMARTS) is 1. The Morgan fingerprint density at radius 2 is 1.73 bits per heavy atom. The van der Waals surface area contributed by atoms with Gasteiger partial charge in [0.25, 0.3) is 5.91 Å². The van der Waals surface area contributed by atoms with Crippen LogP contribution in [0.5, 0.6) is 0 Å². The Hall–Kier alpha value is -4.64. The van der Waals surface area contributed by atoms with Gasteiger partial charge in [-0.05, 0) is 74.2 Å². The van der Waals surface area contributed by atoms with Crippen LogP contribution in [-0.2, 0) is 11.2 Å². The van der Waals surface area contributed by atoms with Gasteiger partial charge in [-0.1, -0.05) is 24.3 Å². The number of aromatic nitrogens is 2. The zero-order valence-electron chi connectivity index (χ0n) is 20.2. The van der Waals surface area contributed by atoms with Crippen LogP contribution in [0.3, 0.4) is 0 Å². The lowest BCUT2D eigenvalue weighted by atomic mass is 10.0. The molecular weight excluding hydrogens is 471 g/mol. The van der Waals surface area contributed by atoms with Crippen molar-refractivity contribution >= 4 is 22.9 Å². The molecule has 0 aliphatic rings. The molecule has 0 saturated carbocycles. The fourth-order valence-corrected chi connectivity index (χ4v) is 4.02. The highest BCUT2D eigenvalue weighted by atomic mass is 19.1. The van der Waals surface area contributed by atoms with E-state index < -0.39 is 5.97 Å². The average Bonchev–Trinajstić information content (AvgIpc) is 2.90. The Morgan fingerprint density at radius 3 is 2.41 bits per heavy atom. The van der Waals surface area contributed by atoms with Crippen LogP contribution in [0.2, 0.25) is 0 Å². The minimum absolute atomic E-state index is 0.0732. The van der Waals surface area contributed by atoms with E-state index in [1.54, 1.807) is 42.5 Å². The number of nitrogens with one attached hydrogen (secondary N) is 1. The lowest BCUT2D eigenvalue weighted by molar-refractivity contribution is -0.137. The molecule has 0 bridgehead atoms. The monoisotopic (exact) mass is 496 g/mol. The Kier molecular flexibility index (Phi) is 7.84. The highest BCUT2D eigenvalue weighted by Crippen LogP contribution is 2.26. The van der Waals surface area contributed by atoms with E-state index in [0.29, 0.717) is 52.8 Å². The Balaban J connectivity index is 1.63. The summed E-state index contributed by atoms with van der Waals surface area (Å²) < 4.78 is 13.2. The molecule has 7 nitrogen and oxygen atoms in total. The van der Waals surface area contributed by atoms with Gasteiger partial charge in [-0.15, -0.1) is 0 Å². The summed E-state index contributed by atoms with van der Waals surface area (Å²) in [5, 5.41) is 21.0. The van der Waals surface area contributed by atoms with Crippen LogP contribution in [0.25, 0.3) is 22.3 Å². The van der Waals surface area contributed by atoms with Gasteiger partial charge >= 0.3 is 5.97 Å². The van der Waals surface area contributed by atoms with Crippen LogP contribution in [0.15, 0.2) is 66.7 Å². The van der Waals surface area contributed by atoms with Crippen LogP contribution in [0.1, 0.15) is 59.4 Å². The number of carbonyl (C=O) groups excluding carboxylic acids is 1. The topological polar surface area (TPSA) is 116 Å². The van der Waals surface area contributed by atoms with Gasteiger partial charge in [0.1, 0.15) is 5.82 Å². The van der Waals surface area contributed by atoms with E-state index in [1.165, 1.54) is 12.1 Å². The summed E-state index contributed by atoms with van der Waals surface area (Å²) in [6, 6.07) is 19.9.